The molecule has 0 aromatic heterocycles. The Morgan fingerprint density at radius 1 is 0.792 bits per heavy atom. The van der Waals surface area contributed by atoms with Gasteiger partial charge in [0.05, 0.1) is 11.4 Å². The standard InChI is InChI=1S/C22H36N2/c1-3-4-5-6-7-8-9-10-11-12-13-14-15-16-20-17-19(2)22(24)21(23)18-20/h17-18H,3-14,23-24H2,1-2H3. The zero-order valence-electron chi connectivity index (χ0n) is 15.8. The quantitative estimate of drug-likeness (QED) is 0.288. The van der Waals surface area contributed by atoms with Crippen molar-refractivity contribution in [2.24, 2.45) is 0 Å². The highest BCUT2D eigenvalue weighted by Crippen LogP contribution is 2.21. The van der Waals surface area contributed by atoms with Gasteiger partial charge in [-0.3, -0.25) is 0 Å². The summed E-state index contributed by atoms with van der Waals surface area (Å²) in [6, 6.07) is 3.88. The van der Waals surface area contributed by atoms with E-state index in [-0.39, 0.29) is 0 Å². The molecule has 0 aliphatic heterocycles. The average molecular weight is 329 g/mol. The number of unbranched alkanes of at least 4 members (excludes halogenated alkanes) is 11. The third-order valence-electron chi connectivity index (χ3n) is 4.56. The molecular weight excluding hydrogens is 292 g/mol. The van der Waals surface area contributed by atoms with Gasteiger partial charge >= 0.3 is 0 Å². The first-order chi connectivity index (χ1) is 11.6. The molecule has 0 aliphatic rings. The van der Waals surface area contributed by atoms with Crippen LogP contribution in [-0.4, -0.2) is 0 Å². The number of hydrogen-bond acceptors (Lipinski definition) is 2. The van der Waals surface area contributed by atoms with Crippen molar-refractivity contribution in [3.05, 3.63) is 23.3 Å². The smallest absolute Gasteiger partial charge is 0.0578 e. The highest BCUT2D eigenvalue weighted by Gasteiger charge is 2.00. The number of anilines is 2. The Morgan fingerprint density at radius 2 is 1.33 bits per heavy atom. The molecule has 4 N–H and O–H groups in total. The Morgan fingerprint density at radius 3 is 1.88 bits per heavy atom. The molecule has 134 valence electrons. The summed E-state index contributed by atoms with van der Waals surface area (Å²) < 4.78 is 0. The summed E-state index contributed by atoms with van der Waals surface area (Å²) in [4.78, 5) is 0. The van der Waals surface area contributed by atoms with Gasteiger partial charge in [-0.05, 0) is 31.0 Å². The predicted octanol–water partition coefficient (Wildman–Crippen LogP) is 6.21. The van der Waals surface area contributed by atoms with Crippen LogP contribution in [0, 0.1) is 18.8 Å². The van der Waals surface area contributed by atoms with E-state index in [1.165, 1.54) is 70.6 Å². The van der Waals surface area contributed by atoms with Crippen LogP contribution in [0.1, 0.15) is 95.1 Å². The van der Waals surface area contributed by atoms with Crippen LogP contribution in [0.2, 0.25) is 0 Å². The summed E-state index contributed by atoms with van der Waals surface area (Å²) in [5.74, 6) is 6.46. The van der Waals surface area contributed by atoms with E-state index in [1.54, 1.807) is 0 Å². The van der Waals surface area contributed by atoms with Gasteiger partial charge in [0, 0.05) is 12.0 Å². The van der Waals surface area contributed by atoms with Crippen molar-refractivity contribution in [1.82, 2.24) is 0 Å². The number of aryl methyl sites for hydroxylation is 1. The monoisotopic (exact) mass is 328 g/mol. The minimum Gasteiger partial charge on any atom is -0.397 e. The molecule has 0 atom stereocenters. The molecule has 0 saturated carbocycles. The molecule has 1 rings (SSSR count). The Kier molecular flexibility index (Phi) is 10.9. The fourth-order valence-electron chi connectivity index (χ4n) is 2.94. The molecule has 0 radical (unpaired) electrons. The molecule has 0 saturated heterocycles. The second-order valence-corrected chi connectivity index (χ2v) is 6.88. The van der Waals surface area contributed by atoms with Gasteiger partial charge in [0.25, 0.3) is 0 Å². The predicted molar refractivity (Wildman–Crippen MR) is 108 cm³/mol. The first-order valence-electron chi connectivity index (χ1n) is 9.79. The summed E-state index contributed by atoms with van der Waals surface area (Å²) in [7, 11) is 0. The van der Waals surface area contributed by atoms with Crippen LogP contribution in [0.3, 0.4) is 0 Å². The lowest BCUT2D eigenvalue weighted by atomic mass is 10.1. The first-order valence-corrected chi connectivity index (χ1v) is 9.79. The van der Waals surface area contributed by atoms with E-state index >= 15 is 0 Å². The Balaban J connectivity index is 2.03. The number of rotatable bonds is 11. The topological polar surface area (TPSA) is 52.0 Å². The molecule has 0 fully saturated rings. The van der Waals surface area contributed by atoms with Crippen LogP contribution in [0.25, 0.3) is 0 Å². The van der Waals surface area contributed by atoms with E-state index < -0.39 is 0 Å². The third kappa shape index (κ3) is 8.87. The molecule has 1 aromatic rings. The minimum atomic E-state index is 0.633. The number of benzene rings is 1. The van der Waals surface area contributed by atoms with Crippen LogP contribution in [0.15, 0.2) is 12.1 Å². The molecule has 2 nitrogen and oxygen atoms in total. The van der Waals surface area contributed by atoms with Crippen molar-refractivity contribution >= 4 is 11.4 Å². The van der Waals surface area contributed by atoms with E-state index in [2.05, 4.69) is 18.8 Å². The summed E-state index contributed by atoms with van der Waals surface area (Å²) in [6.45, 7) is 4.25. The van der Waals surface area contributed by atoms with Crippen LogP contribution in [0.4, 0.5) is 11.4 Å². The fraction of sp³-hybridized carbons (Fsp3) is 0.636. The fourth-order valence-corrected chi connectivity index (χ4v) is 2.94. The highest BCUT2D eigenvalue weighted by molar-refractivity contribution is 5.69. The summed E-state index contributed by atoms with van der Waals surface area (Å²) >= 11 is 0. The van der Waals surface area contributed by atoms with Crippen LogP contribution >= 0.6 is 0 Å². The number of nitrogens with two attached hydrogens (primary N) is 2. The second-order valence-electron chi connectivity index (χ2n) is 6.88. The summed E-state index contributed by atoms with van der Waals surface area (Å²) in [6.07, 6.45) is 16.1. The van der Waals surface area contributed by atoms with E-state index in [4.69, 9.17) is 11.5 Å². The minimum absolute atomic E-state index is 0.633. The molecule has 0 spiro atoms. The number of hydrogen-bond donors (Lipinski definition) is 2. The summed E-state index contributed by atoms with van der Waals surface area (Å²) in [5.41, 5.74) is 15.0. The number of nitrogen functional groups attached to an aromatic ring is 2. The molecule has 0 bridgehead atoms. The maximum absolute atomic E-state index is 5.87. The van der Waals surface area contributed by atoms with Crippen LogP contribution < -0.4 is 11.5 Å². The van der Waals surface area contributed by atoms with Gasteiger partial charge in [0.15, 0.2) is 0 Å². The van der Waals surface area contributed by atoms with Crippen molar-refractivity contribution < 1.29 is 0 Å². The van der Waals surface area contributed by atoms with Gasteiger partial charge in [0.1, 0.15) is 0 Å². The lowest BCUT2D eigenvalue weighted by Crippen LogP contribution is -1.97. The van der Waals surface area contributed by atoms with Gasteiger partial charge in [-0.1, -0.05) is 83.0 Å². The van der Waals surface area contributed by atoms with Crippen molar-refractivity contribution in [1.29, 1.82) is 0 Å². The van der Waals surface area contributed by atoms with E-state index in [1.807, 2.05) is 19.1 Å². The van der Waals surface area contributed by atoms with Crippen LogP contribution in [-0.2, 0) is 0 Å². The third-order valence-corrected chi connectivity index (χ3v) is 4.56. The summed E-state index contributed by atoms with van der Waals surface area (Å²) in [5, 5.41) is 0. The molecule has 0 amide bonds. The highest BCUT2D eigenvalue weighted by atomic mass is 14.7. The molecular formula is C22H36N2. The molecule has 0 heterocycles. The van der Waals surface area contributed by atoms with E-state index in [0.29, 0.717) is 11.4 Å². The van der Waals surface area contributed by atoms with Gasteiger partial charge in [-0.2, -0.15) is 0 Å². The van der Waals surface area contributed by atoms with Crippen LogP contribution in [0.5, 0.6) is 0 Å². The van der Waals surface area contributed by atoms with Crippen molar-refractivity contribution in [2.45, 2.75) is 90.9 Å². The van der Waals surface area contributed by atoms with E-state index in [9.17, 15) is 0 Å². The van der Waals surface area contributed by atoms with Gasteiger partial charge < -0.3 is 11.5 Å². The Labute approximate surface area is 149 Å². The maximum Gasteiger partial charge on any atom is 0.0578 e. The second kappa shape index (κ2) is 12.8. The molecule has 24 heavy (non-hydrogen) atoms. The Hall–Kier alpha value is -1.62. The van der Waals surface area contributed by atoms with Gasteiger partial charge in [-0.25, -0.2) is 0 Å². The lowest BCUT2D eigenvalue weighted by molar-refractivity contribution is 0.551. The van der Waals surface area contributed by atoms with Gasteiger partial charge in [0.2, 0.25) is 0 Å². The maximum atomic E-state index is 5.87. The van der Waals surface area contributed by atoms with Crippen molar-refractivity contribution in [3.8, 4) is 11.8 Å². The first kappa shape index (κ1) is 20.4. The normalized spacial score (nSPS) is 10.4. The van der Waals surface area contributed by atoms with Gasteiger partial charge in [-0.15, -0.1) is 0 Å². The molecule has 2 heteroatoms. The Bertz CT molecular complexity index is 500. The molecule has 1 aromatic carbocycles. The lowest BCUT2D eigenvalue weighted by Gasteiger charge is -2.04. The SMILES string of the molecule is CCCCCCCCCCCCCC#Cc1cc(C)c(N)c(N)c1. The van der Waals surface area contributed by atoms with Crippen molar-refractivity contribution in [2.75, 3.05) is 11.5 Å². The zero-order valence-corrected chi connectivity index (χ0v) is 15.8. The van der Waals surface area contributed by atoms with E-state index in [0.717, 1.165) is 17.5 Å². The molecule has 0 aliphatic carbocycles. The zero-order chi connectivity index (χ0) is 17.6. The molecule has 0 unspecified atom stereocenters. The average Bonchev–Trinajstić information content (AvgIpc) is 2.56. The largest absolute Gasteiger partial charge is 0.397 e. The van der Waals surface area contributed by atoms with Crippen molar-refractivity contribution in [3.63, 3.8) is 0 Å².